The predicted molar refractivity (Wildman–Crippen MR) is 129 cm³/mol. The van der Waals surface area contributed by atoms with Gasteiger partial charge in [-0.3, -0.25) is 9.69 Å². The molecular weight excluding hydrogens is 473 g/mol. The van der Waals surface area contributed by atoms with Gasteiger partial charge >= 0.3 is 6.09 Å². The molecule has 3 aromatic carbocycles. The molecule has 9 heteroatoms. The topological polar surface area (TPSA) is 78.9 Å². The van der Waals surface area contributed by atoms with E-state index in [2.05, 4.69) is 5.32 Å². The Balaban J connectivity index is 1.83. The molecule has 0 aliphatic carbocycles. The number of hydrogen-bond acceptors (Lipinski definition) is 3. The number of nitrogens with one attached hydrogen (secondary N) is 1. The maximum absolute atomic E-state index is 14.2. The van der Waals surface area contributed by atoms with Crippen LogP contribution in [0, 0.1) is 17.5 Å². The van der Waals surface area contributed by atoms with Crippen molar-refractivity contribution in [3.05, 3.63) is 95.3 Å². The number of carboxylic acid groups (broad SMARTS) is 1. The van der Waals surface area contributed by atoms with Gasteiger partial charge in [0.15, 0.2) is 11.6 Å². The molecule has 0 aliphatic heterocycles. The molecule has 0 saturated carbocycles. The molecule has 2 amide bonds. The number of amides is 2. The van der Waals surface area contributed by atoms with Crippen LogP contribution >= 0.6 is 0 Å². The Labute approximate surface area is 207 Å². The van der Waals surface area contributed by atoms with E-state index in [4.69, 9.17) is 4.74 Å². The van der Waals surface area contributed by atoms with Gasteiger partial charge in [-0.15, -0.1) is 0 Å². The number of benzene rings is 3. The highest BCUT2D eigenvalue weighted by Crippen LogP contribution is 2.25. The molecule has 6 nitrogen and oxygen atoms in total. The van der Waals surface area contributed by atoms with Gasteiger partial charge in [0.05, 0.1) is 0 Å². The van der Waals surface area contributed by atoms with Crippen LogP contribution in [0.4, 0.5) is 23.7 Å². The lowest BCUT2D eigenvalue weighted by atomic mass is 9.97. The van der Waals surface area contributed by atoms with Crippen molar-refractivity contribution in [2.75, 3.05) is 5.32 Å². The Morgan fingerprint density at radius 1 is 0.944 bits per heavy atom. The monoisotopic (exact) mass is 500 g/mol. The average Bonchev–Trinajstić information content (AvgIpc) is 2.80. The fourth-order valence-electron chi connectivity index (χ4n) is 3.74. The Bertz CT molecular complexity index is 1190. The number of halogens is 3. The lowest BCUT2D eigenvalue weighted by molar-refractivity contribution is -0.122. The first-order valence-corrected chi connectivity index (χ1v) is 11.2. The smallest absolute Gasteiger partial charge is 0.408 e. The Morgan fingerprint density at radius 2 is 1.53 bits per heavy atom. The molecule has 1 unspecified atom stereocenters. The average molecular weight is 501 g/mol. The van der Waals surface area contributed by atoms with Crippen molar-refractivity contribution >= 4 is 17.7 Å². The fourth-order valence-corrected chi connectivity index (χ4v) is 3.74. The molecule has 2 N–H and O–H groups in total. The van der Waals surface area contributed by atoms with E-state index in [1.165, 1.54) is 0 Å². The molecule has 190 valence electrons. The molecule has 3 aromatic rings. The predicted octanol–water partition coefficient (Wildman–Crippen LogP) is 6.01. The summed E-state index contributed by atoms with van der Waals surface area (Å²) in [6.07, 6.45) is -1.47. The zero-order chi connectivity index (χ0) is 26.5. The number of carbonyl (C=O) groups is 2. The SMILES string of the molecule is CC(C)(C)N(C(=O)O)C(Cc1ccc(OCc2ccccc2)cc1)C(=O)Nc1c(F)cc(F)cc1F. The van der Waals surface area contributed by atoms with Gasteiger partial charge in [-0.05, 0) is 44.0 Å². The van der Waals surface area contributed by atoms with Gasteiger partial charge < -0.3 is 15.2 Å². The van der Waals surface area contributed by atoms with Crippen LogP contribution in [-0.2, 0) is 17.8 Å². The standard InChI is InChI=1S/C27H27F3N2O4/c1-27(2,3)32(26(34)35)23(25(33)31-24-21(29)14-19(28)15-22(24)30)13-17-9-11-20(12-10-17)36-16-18-7-5-4-6-8-18/h4-12,14-15,23H,13,16H2,1-3H3,(H,31,33)(H,34,35). The first kappa shape index (κ1) is 26.6. The van der Waals surface area contributed by atoms with Gasteiger partial charge in [0.1, 0.15) is 29.9 Å². The fraction of sp³-hybridized carbons (Fsp3) is 0.259. The summed E-state index contributed by atoms with van der Waals surface area (Å²) in [5.41, 5.74) is -0.291. The number of carbonyl (C=O) groups excluding carboxylic acids is 1. The number of hydrogen-bond donors (Lipinski definition) is 2. The van der Waals surface area contributed by atoms with E-state index in [0.29, 0.717) is 30.1 Å². The first-order valence-electron chi connectivity index (χ1n) is 11.2. The first-order chi connectivity index (χ1) is 17.0. The van der Waals surface area contributed by atoms with E-state index in [-0.39, 0.29) is 6.42 Å². The molecule has 0 heterocycles. The molecule has 0 spiro atoms. The lowest BCUT2D eigenvalue weighted by Crippen LogP contribution is -2.56. The highest BCUT2D eigenvalue weighted by Gasteiger charge is 2.38. The second-order valence-corrected chi connectivity index (χ2v) is 9.20. The van der Waals surface area contributed by atoms with Crippen LogP contribution in [0.3, 0.4) is 0 Å². The summed E-state index contributed by atoms with van der Waals surface area (Å²) < 4.78 is 47.3. The van der Waals surface area contributed by atoms with Crippen LogP contribution < -0.4 is 10.1 Å². The highest BCUT2D eigenvalue weighted by molar-refractivity contribution is 5.97. The maximum atomic E-state index is 14.2. The maximum Gasteiger partial charge on any atom is 0.408 e. The minimum absolute atomic E-state index is 0.0845. The normalized spacial score (nSPS) is 12.1. The van der Waals surface area contributed by atoms with Crippen molar-refractivity contribution in [1.82, 2.24) is 4.90 Å². The molecule has 0 saturated heterocycles. The van der Waals surface area contributed by atoms with Crippen molar-refractivity contribution in [2.45, 2.75) is 45.4 Å². The highest BCUT2D eigenvalue weighted by atomic mass is 19.1. The molecule has 0 radical (unpaired) electrons. The van der Waals surface area contributed by atoms with E-state index in [1.54, 1.807) is 45.0 Å². The summed E-state index contributed by atoms with van der Waals surface area (Å²) in [7, 11) is 0. The van der Waals surface area contributed by atoms with E-state index < -0.39 is 46.7 Å². The van der Waals surface area contributed by atoms with E-state index in [0.717, 1.165) is 10.5 Å². The van der Waals surface area contributed by atoms with E-state index in [9.17, 15) is 27.9 Å². The largest absolute Gasteiger partial charge is 0.489 e. The van der Waals surface area contributed by atoms with Gasteiger partial charge in [0.25, 0.3) is 0 Å². The van der Waals surface area contributed by atoms with E-state index in [1.807, 2.05) is 30.3 Å². The Morgan fingerprint density at radius 3 is 2.06 bits per heavy atom. The molecule has 0 aromatic heterocycles. The van der Waals surface area contributed by atoms with Crippen LogP contribution in [0.25, 0.3) is 0 Å². The van der Waals surface area contributed by atoms with Gasteiger partial charge in [0.2, 0.25) is 5.91 Å². The molecule has 0 bridgehead atoms. The molecule has 36 heavy (non-hydrogen) atoms. The van der Waals surface area contributed by atoms with E-state index >= 15 is 0 Å². The summed E-state index contributed by atoms with van der Waals surface area (Å²) in [4.78, 5) is 26.2. The van der Waals surface area contributed by atoms with Gasteiger partial charge in [-0.2, -0.15) is 0 Å². The molecule has 0 fully saturated rings. The molecule has 1 atom stereocenters. The number of ether oxygens (including phenoxy) is 1. The Hall–Kier alpha value is -4.01. The van der Waals surface area contributed by atoms with Crippen LogP contribution in [0.5, 0.6) is 5.75 Å². The minimum Gasteiger partial charge on any atom is -0.489 e. The summed E-state index contributed by atoms with van der Waals surface area (Å²) >= 11 is 0. The van der Waals surface area contributed by atoms with Crippen LogP contribution in [0.1, 0.15) is 31.9 Å². The van der Waals surface area contributed by atoms with Crippen LogP contribution in [0.2, 0.25) is 0 Å². The summed E-state index contributed by atoms with van der Waals surface area (Å²) in [5, 5.41) is 12.0. The van der Waals surface area contributed by atoms with Crippen molar-refractivity contribution in [1.29, 1.82) is 0 Å². The number of rotatable bonds is 8. The zero-order valence-corrected chi connectivity index (χ0v) is 20.1. The minimum atomic E-state index is -1.38. The van der Waals surface area contributed by atoms with Crippen molar-refractivity contribution in [2.24, 2.45) is 0 Å². The Kier molecular flexibility index (Phi) is 8.24. The van der Waals surface area contributed by atoms with Crippen LogP contribution in [0.15, 0.2) is 66.7 Å². The molecule has 3 rings (SSSR count). The number of nitrogens with zero attached hydrogens (tertiary/aromatic N) is 1. The third-order valence-electron chi connectivity index (χ3n) is 5.40. The van der Waals surface area contributed by atoms with Crippen LogP contribution in [-0.4, -0.2) is 33.6 Å². The summed E-state index contributed by atoms with van der Waals surface area (Å²) in [5.74, 6) is -4.14. The second-order valence-electron chi connectivity index (χ2n) is 9.20. The molecular formula is C27H27F3N2O4. The van der Waals surface area contributed by atoms with Gasteiger partial charge in [-0.1, -0.05) is 42.5 Å². The lowest BCUT2D eigenvalue weighted by Gasteiger charge is -2.39. The van der Waals surface area contributed by atoms with Gasteiger partial charge in [-0.25, -0.2) is 18.0 Å². The molecule has 0 aliphatic rings. The third kappa shape index (κ3) is 6.78. The van der Waals surface area contributed by atoms with Crippen molar-refractivity contribution < 1.29 is 32.6 Å². The summed E-state index contributed by atoms with van der Waals surface area (Å²) in [6, 6.07) is 15.8. The van der Waals surface area contributed by atoms with Gasteiger partial charge in [0, 0.05) is 24.1 Å². The quantitative estimate of drug-likeness (QED) is 0.397. The number of anilines is 1. The van der Waals surface area contributed by atoms with Crippen molar-refractivity contribution in [3.8, 4) is 5.75 Å². The second kappa shape index (κ2) is 11.2. The summed E-state index contributed by atoms with van der Waals surface area (Å²) in [6.45, 7) is 5.15. The zero-order valence-electron chi connectivity index (χ0n) is 20.1. The van der Waals surface area contributed by atoms with Crippen molar-refractivity contribution in [3.63, 3.8) is 0 Å². The third-order valence-corrected chi connectivity index (χ3v) is 5.40.